The standard InChI is InChI=1S/C35H64O8/c1-29(2)19-11-7-13-21-31(36)40-25-17-9-15-23-33(38)42-27-35(5,6)28-43-34(39)24-16-10-18-26-41-32(37)22-14-8-12-20-30(3)4/h29-30H,7-28H2,1-6H3. The molecule has 0 unspecified atom stereocenters. The zero-order chi connectivity index (χ0) is 32.3. The van der Waals surface area contributed by atoms with Gasteiger partial charge in [-0.1, -0.05) is 80.1 Å². The summed E-state index contributed by atoms with van der Waals surface area (Å²) in [7, 11) is 0. The first-order valence-corrected chi connectivity index (χ1v) is 17.0. The summed E-state index contributed by atoms with van der Waals surface area (Å²) in [5.41, 5.74) is -0.475. The third-order valence-corrected chi connectivity index (χ3v) is 7.15. The monoisotopic (exact) mass is 612 g/mol. The minimum absolute atomic E-state index is 0.136. The molecule has 0 rings (SSSR count). The molecule has 0 aliphatic carbocycles. The third kappa shape index (κ3) is 29.7. The van der Waals surface area contributed by atoms with Gasteiger partial charge in [0.15, 0.2) is 0 Å². The van der Waals surface area contributed by atoms with Crippen LogP contribution < -0.4 is 0 Å². The predicted octanol–water partition coefficient (Wildman–Crippen LogP) is 8.52. The fourth-order valence-electron chi connectivity index (χ4n) is 4.35. The summed E-state index contributed by atoms with van der Waals surface area (Å²) in [5, 5.41) is 0. The summed E-state index contributed by atoms with van der Waals surface area (Å²) in [5.74, 6) is 0.593. The maximum absolute atomic E-state index is 12.1. The summed E-state index contributed by atoms with van der Waals surface area (Å²) in [4.78, 5) is 47.8. The van der Waals surface area contributed by atoms with Gasteiger partial charge in [-0.25, -0.2) is 0 Å². The van der Waals surface area contributed by atoms with Crippen LogP contribution in [-0.4, -0.2) is 50.3 Å². The van der Waals surface area contributed by atoms with Gasteiger partial charge in [-0.05, 0) is 63.2 Å². The van der Waals surface area contributed by atoms with E-state index in [-0.39, 0.29) is 37.1 Å². The highest BCUT2D eigenvalue weighted by molar-refractivity contribution is 5.70. The SMILES string of the molecule is CC(C)CCCCCC(=O)OCCCCCC(=O)OCC(C)(C)COC(=O)CCCCCOC(=O)CCCCCC(C)C. The average Bonchev–Trinajstić information content (AvgIpc) is 2.94. The van der Waals surface area contributed by atoms with Gasteiger partial charge >= 0.3 is 23.9 Å². The highest BCUT2D eigenvalue weighted by Crippen LogP contribution is 2.18. The van der Waals surface area contributed by atoms with E-state index in [9.17, 15) is 19.2 Å². The molecule has 0 aromatic rings. The van der Waals surface area contributed by atoms with Crippen LogP contribution in [-0.2, 0) is 38.1 Å². The van der Waals surface area contributed by atoms with E-state index in [2.05, 4.69) is 27.7 Å². The molecule has 0 N–H and O–H groups in total. The van der Waals surface area contributed by atoms with E-state index < -0.39 is 5.41 Å². The first-order chi connectivity index (χ1) is 20.4. The number of unbranched alkanes of at least 4 members (excludes halogenated alkanes) is 8. The summed E-state index contributed by atoms with van der Waals surface area (Å²) in [6, 6.07) is 0. The Morgan fingerprint density at radius 2 is 0.744 bits per heavy atom. The molecule has 8 nitrogen and oxygen atoms in total. The second kappa shape index (κ2) is 26.3. The van der Waals surface area contributed by atoms with Crippen LogP contribution >= 0.6 is 0 Å². The van der Waals surface area contributed by atoms with Crippen molar-refractivity contribution in [1.29, 1.82) is 0 Å². The first kappa shape index (κ1) is 40.9. The molecular formula is C35H64O8. The third-order valence-electron chi connectivity index (χ3n) is 7.15. The first-order valence-electron chi connectivity index (χ1n) is 17.0. The Kier molecular flexibility index (Phi) is 25.0. The van der Waals surface area contributed by atoms with Crippen molar-refractivity contribution in [2.45, 2.75) is 157 Å². The number of carbonyl (C=O) groups excluding carboxylic acids is 4. The van der Waals surface area contributed by atoms with Gasteiger partial charge in [-0.15, -0.1) is 0 Å². The number of ether oxygens (including phenoxy) is 4. The lowest BCUT2D eigenvalue weighted by atomic mass is 9.96. The fraction of sp³-hybridized carbons (Fsp3) is 0.886. The van der Waals surface area contributed by atoms with E-state index in [0.29, 0.717) is 63.6 Å². The second-order valence-corrected chi connectivity index (χ2v) is 13.5. The zero-order valence-electron chi connectivity index (χ0n) is 28.5. The van der Waals surface area contributed by atoms with Crippen LogP contribution in [0.25, 0.3) is 0 Å². The van der Waals surface area contributed by atoms with Crippen LogP contribution in [0, 0.1) is 17.3 Å². The van der Waals surface area contributed by atoms with Gasteiger partial charge in [0.05, 0.1) is 26.4 Å². The molecule has 0 spiro atoms. The molecule has 0 fully saturated rings. The Morgan fingerprint density at radius 3 is 1.07 bits per heavy atom. The zero-order valence-corrected chi connectivity index (χ0v) is 28.5. The molecule has 43 heavy (non-hydrogen) atoms. The fourth-order valence-corrected chi connectivity index (χ4v) is 4.35. The molecule has 0 radical (unpaired) electrons. The van der Waals surface area contributed by atoms with Crippen LogP contribution in [0.15, 0.2) is 0 Å². The van der Waals surface area contributed by atoms with Crippen molar-refractivity contribution in [2.75, 3.05) is 26.4 Å². The Labute approximate surface area is 262 Å². The van der Waals surface area contributed by atoms with Crippen molar-refractivity contribution in [3.63, 3.8) is 0 Å². The molecule has 0 saturated heterocycles. The van der Waals surface area contributed by atoms with Crippen LogP contribution in [0.5, 0.6) is 0 Å². The molecule has 0 aromatic heterocycles. The average molecular weight is 613 g/mol. The number of hydrogen-bond donors (Lipinski definition) is 0. The lowest BCUT2D eigenvalue weighted by molar-refractivity contribution is -0.153. The van der Waals surface area contributed by atoms with Crippen molar-refractivity contribution in [3.8, 4) is 0 Å². The number of carbonyl (C=O) groups is 4. The minimum Gasteiger partial charge on any atom is -0.466 e. The Balaban J connectivity index is 3.71. The van der Waals surface area contributed by atoms with Crippen LogP contribution in [0.2, 0.25) is 0 Å². The van der Waals surface area contributed by atoms with Crippen LogP contribution in [0.4, 0.5) is 0 Å². The van der Waals surface area contributed by atoms with Gasteiger partial charge in [-0.2, -0.15) is 0 Å². The number of rotatable bonds is 28. The topological polar surface area (TPSA) is 105 Å². The summed E-state index contributed by atoms with van der Waals surface area (Å²) in [6.07, 6.45) is 14.6. The molecule has 0 heterocycles. The Bertz CT molecular complexity index is 684. The molecule has 252 valence electrons. The molecule has 0 amide bonds. The summed E-state index contributed by atoms with van der Waals surface area (Å²) in [6.45, 7) is 13.8. The molecule has 8 heteroatoms. The highest BCUT2D eigenvalue weighted by atomic mass is 16.6. The molecule has 0 aliphatic heterocycles. The second-order valence-electron chi connectivity index (χ2n) is 13.5. The van der Waals surface area contributed by atoms with Crippen molar-refractivity contribution in [1.82, 2.24) is 0 Å². The molecule has 0 bridgehead atoms. The largest absolute Gasteiger partial charge is 0.466 e. The van der Waals surface area contributed by atoms with E-state index in [1.54, 1.807) is 0 Å². The van der Waals surface area contributed by atoms with Gasteiger partial charge in [0.1, 0.15) is 0 Å². The van der Waals surface area contributed by atoms with Crippen molar-refractivity contribution in [3.05, 3.63) is 0 Å². The normalized spacial score (nSPS) is 11.5. The maximum atomic E-state index is 12.1. The lowest BCUT2D eigenvalue weighted by Crippen LogP contribution is -2.28. The molecular weight excluding hydrogens is 548 g/mol. The number of esters is 4. The van der Waals surface area contributed by atoms with Crippen LogP contribution in [0.1, 0.15) is 157 Å². The Hall–Kier alpha value is -2.12. The quantitative estimate of drug-likeness (QED) is 0.0492. The van der Waals surface area contributed by atoms with E-state index in [0.717, 1.165) is 64.2 Å². The van der Waals surface area contributed by atoms with E-state index in [1.165, 1.54) is 12.8 Å². The van der Waals surface area contributed by atoms with Crippen molar-refractivity contribution >= 4 is 23.9 Å². The van der Waals surface area contributed by atoms with Crippen LogP contribution in [0.3, 0.4) is 0 Å². The van der Waals surface area contributed by atoms with Gasteiger partial charge in [-0.3, -0.25) is 19.2 Å². The van der Waals surface area contributed by atoms with Gasteiger partial charge < -0.3 is 18.9 Å². The highest BCUT2D eigenvalue weighted by Gasteiger charge is 2.22. The molecule has 0 aromatic carbocycles. The minimum atomic E-state index is -0.475. The molecule has 0 saturated carbocycles. The van der Waals surface area contributed by atoms with E-state index in [4.69, 9.17) is 18.9 Å². The molecule has 0 atom stereocenters. The molecule has 0 aliphatic rings. The van der Waals surface area contributed by atoms with Gasteiger partial charge in [0.25, 0.3) is 0 Å². The summed E-state index contributed by atoms with van der Waals surface area (Å²) >= 11 is 0. The van der Waals surface area contributed by atoms with E-state index in [1.807, 2.05) is 13.8 Å². The van der Waals surface area contributed by atoms with Gasteiger partial charge in [0, 0.05) is 31.1 Å². The number of hydrogen-bond acceptors (Lipinski definition) is 8. The lowest BCUT2D eigenvalue weighted by Gasteiger charge is -2.23. The van der Waals surface area contributed by atoms with E-state index >= 15 is 0 Å². The smallest absolute Gasteiger partial charge is 0.305 e. The predicted molar refractivity (Wildman–Crippen MR) is 170 cm³/mol. The summed E-state index contributed by atoms with van der Waals surface area (Å²) < 4.78 is 21.3. The Morgan fingerprint density at radius 1 is 0.442 bits per heavy atom. The van der Waals surface area contributed by atoms with Crippen molar-refractivity contribution in [2.24, 2.45) is 17.3 Å². The van der Waals surface area contributed by atoms with Crippen molar-refractivity contribution < 1.29 is 38.1 Å². The maximum Gasteiger partial charge on any atom is 0.305 e. The van der Waals surface area contributed by atoms with Gasteiger partial charge in [0.2, 0.25) is 0 Å².